The summed E-state index contributed by atoms with van der Waals surface area (Å²) in [6.45, 7) is 5.94. The Morgan fingerprint density at radius 1 is 1.12 bits per heavy atom. The molecule has 1 saturated heterocycles. The molecule has 4 rings (SSSR count). The fourth-order valence-corrected chi connectivity index (χ4v) is 5.09. The first-order chi connectivity index (χ1) is 19.9. The van der Waals surface area contributed by atoms with Crippen molar-refractivity contribution in [2.75, 3.05) is 32.8 Å². The normalized spacial score (nSPS) is 18.0. The van der Waals surface area contributed by atoms with Gasteiger partial charge in [-0.2, -0.15) is 0 Å². The van der Waals surface area contributed by atoms with Crippen molar-refractivity contribution in [3.05, 3.63) is 96.6 Å². The Morgan fingerprint density at radius 3 is 2.63 bits per heavy atom. The van der Waals surface area contributed by atoms with Gasteiger partial charge in [-0.25, -0.2) is 0 Å². The van der Waals surface area contributed by atoms with Gasteiger partial charge in [0.05, 0.1) is 19.2 Å². The van der Waals surface area contributed by atoms with Gasteiger partial charge in [0, 0.05) is 31.2 Å². The fourth-order valence-electron chi connectivity index (χ4n) is 5.09. The van der Waals surface area contributed by atoms with Crippen molar-refractivity contribution in [3.63, 3.8) is 0 Å². The maximum Gasteiger partial charge on any atom is 0.251 e. The molecule has 0 spiro atoms. The van der Waals surface area contributed by atoms with Crippen LogP contribution in [0.2, 0.25) is 0 Å². The Bertz CT molecular complexity index is 1340. The highest BCUT2D eigenvalue weighted by molar-refractivity contribution is 5.98. The van der Waals surface area contributed by atoms with Crippen LogP contribution in [0.4, 0.5) is 0 Å². The fraction of sp³-hybridized carbons (Fsp3) is 0.344. The molecule has 3 aromatic carbocycles. The number of carbonyl (C=O) groups is 2. The molecule has 0 aliphatic carbocycles. The lowest BCUT2D eigenvalue weighted by atomic mass is 10.1. The summed E-state index contributed by atoms with van der Waals surface area (Å²) in [5, 5.41) is 8.67. The van der Waals surface area contributed by atoms with Crippen molar-refractivity contribution in [1.82, 2.24) is 15.5 Å². The number of rotatable bonds is 13. The van der Waals surface area contributed by atoms with Gasteiger partial charge in [0.1, 0.15) is 6.10 Å². The van der Waals surface area contributed by atoms with E-state index in [1.165, 1.54) is 0 Å². The number of hydrogen-bond donors (Lipinski definition) is 4. The first-order valence-electron chi connectivity index (χ1n) is 14.1. The summed E-state index contributed by atoms with van der Waals surface area (Å²) in [6.07, 6.45) is 3.30. The summed E-state index contributed by atoms with van der Waals surface area (Å²) < 4.78 is 6.08. The van der Waals surface area contributed by atoms with Crippen molar-refractivity contribution in [1.29, 1.82) is 0 Å². The molecule has 0 saturated carbocycles. The van der Waals surface area contributed by atoms with Crippen LogP contribution in [0.25, 0.3) is 10.8 Å². The van der Waals surface area contributed by atoms with E-state index in [2.05, 4.69) is 22.2 Å². The lowest BCUT2D eigenvalue weighted by Crippen LogP contribution is -2.49. The third-order valence-electron chi connectivity index (χ3n) is 7.23. The highest BCUT2D eigenvalue weighted by Crippen LogP contribution is 2.22. The Labute approximate surface area is 241 Å². The summed E-state index contributed by atoms with van der Waals surface area (Å²) in [4.78, 5) is 32.7. The van der Waals surface area contributed by atoms with Gasteiger partial charge in [0.2, 0.25) is 5.91 Å². The summed E-state index contributed by atoms with van der Waals surface area (Å²) in [7, 11) is 0. The van der Waals surface area contributed by atoms with E-state index in [9.17, 15) is 9.59 Å². The quantitative estimate of drug-likeness (QED) is 0.111. The number of nitrogens with one attached hydrogen (secondary N) is 2. The molecule has 6 N–H and O–H groups in total. The second-order valence-corrected chi connectivity index (χ2v) is 10.2. The number of fused-ring (bicyclic) bond motifs is 1. The molecule has 216 valence electrons. The van der Waals surface area contributed by atoms with E-state index in [1.54, 1.807) is 6.08 Å². The minimum atomic E-state index is -0.440. The number of nitrogens with two attached hydrogens (primary N) is 2. The molecule has 1 heterocycles. The van der Waals surface area contributed by atoms with Gasteiger partial charge in [-0.1, -0.05) is 66.7 Å². The van der Waals surface area contributed by atoms with Crippen LogP contribution in [-0.4, -0.2) is 67.5 Å². The molecule has 9 heteroatoms. The third-order valence-corrected chi connectivity index (χ3v) is 7.23. The lowest BCUT2D eigenvalue weighted by Gasteiger charge is -2.29. The Kier molecular flexibility index (Phi) is 10.9. The topological polar surface area (TPSA) is 135 Å². The van der Waals surface area contributed by atoms with Crippen LogP contribution >= 0.6 is 0 Å². The minimum Gasteiger partial charge on any atom is -0.370 e. The Balaban J connectivity index is 1.45. The van der Waals surface area contributed by atoms with Gasteiger partial charge in [0.25, 0.3) is 5.91 Å². The standard InChI is InChI=1S/C32H40N6O3/c1-2-19-41-29(24-10-4-3-5-11-24)22-38-18-16-27(37-28(31(38)40)13-8-17-35-32(33)34)21-36-30(39)26-15-14-23-9-6-7-12-25(23)20-26/h2-7,9-12,14-15,20,27-29,37H,1,8,13,16-19,21-22H2,(H,36,39)(H4,33,34,35)/t27-,28-,29?/m1/s1. The Hall–Kier alpha value is -4.21. The van der Waals surface area contributed by atoms with E-state index < -0.39 is 6.04 Å². The number of carbonyl (C=O) groups excluding carboxylic acids is 2. The molecule has 0 radical (unpaired) electrons. The van der Waals surface area contributed by atoms with Gasteiger partial charge >= 0.3 is 0 Å². The third kappa shape index (κ3) is 8.64. The van der Waals surface area contributed by atoms with E-state index >= 15 is 0 Å². The predicted molar refractivity (Wildman–Crippen MR) is 163 cm³/mol. The summed E-state index contributed by atoms with van der Waals surface area (Å²) in [5.41, 5.74) is 12.6. The van der Waals surface area contributed by atoms with E-state index in [0.717, 1.165) is 16.3 Å². The number of benzene rings is 3. The minimum absolute atomic E-state index is 0.00110. The van der Waals surface area contributed by atoms with Crippen LogP contribution < -0.4 is 22.1 Å². The van der Waals surface area contributed by atoms with E-state index in [1.807, 2.05) is 77.7 Å². The smallest absolute Gasteiger partial charge is 0.251 e. The molecular formula is C32H40N6O3. The molecule has 1 aliphatic rings. The zero-order valence-electron chi connectivity index (χ0n) is 23.4. The highest BCUT2D eigenvalue weighted by atomic mass is 16.5. The molecule has 3 atom stereocenters. The predicted octanol–water partition coefficient (Wildman–Crippen LogP) is 3.13. The SMILES string of the molecule is C=CCOC(CN1CC[C@H](CNC(=O)c2ccc3ccccc3c2)N[C@H](CCCN=C(N)N)C1=O)c1ccccc1. The van der Waals surface area contributed by atoms with Crippen molar-refractivity contribution >= 4 is 28.5 Å². The monoisotopic (exact) mass is 556 g/mol. The van der Waals surface area contributed by atoms with Gasteiger partial charge in [-0.05, 0) is 47.7 Å². The summed E-state index contributed by atoms with van der Waals surface area (Å²) in [5.74, 6) is -0.108. The van der Waals surface area contributed by atoms with Crippen LogP contribution in [0.3, 0.4) is 0 Å². The van der Waals surface area contributed by atoms with E-state index in [-0.39, 0.29) is 29.9 Å². The molecule has 0 aromatic heterocycles. The molecule has 9 nitrogen and oxygen atoms in total. The molecule has 0 bridgehead atoms. The maximum atomic E-state index is 13.8. The van der Waals surface area contributed by atoms with Gasteiger partial charge in [0.15, 0.2) is 5.96 Å². The number of nitrogens with zero attached hydrogens (tertiary/aromatic N) is 2. The van der Waals surface area contributed by atoms with Crippen LogP contribution in [0.5, 0.6) is 0 Å². The zero-order chi connectivity index (χ0) is 29.0. The summed E-state index contributed by atoms with van der Waals surface area (Å²) in [6, 6.07) is 23.0. The second-order valence-electron chi connectivity index (χ2n) is 10.2. The lowest BCUT2D eigenvalue weighted by molar-refractivity contribution is -0.134. The van der Waals surface area contributed by atoms with Crippen LogP contribution in [0.1, 0.15) is 41.3 Å². The molecule has 3 aromatic rings. The average molecular weight is 557 g/mol. The molecule has 41 heavy (non-hydrogen) atoms. The first-order valence-corrected chi connectivity index (χ1v) is 14.1. The average Bonchev–Trinajstić information content (AvgIpc) is 3.14. The Morgan fingerprint density at radius 2 is 1.88 bits per heavy atom. The van der Waals surface area contributed by atoms with Crippen molar-refractivity contribution in [3.8, 4) is 0 Å². The number of hydrogen-bond acceptors (Lipinski definition) is 5. The van der Waals surface area contributed by atoms with Crippen molar-refractivity contribution in [2.24, 2.45) is 16.5 Å². The second kappa shape index (κ2) is 15.0. The first kappa shape index (κ1) is 29.8. The molecular weight excluding hydrogens is 516 g/mol. The van der Waals surface area contributed by atoms with Crippen molar-refractivity contribution in [2.45, 2.75) is 37.5 Å². The number of aliphatic imine (C=N–C) groups is 1. The summed E-state index contributed by atoms with van der Waals surface area (Å²) >= 11 is 0. The highest BCUT2D eigenvalue weighted by Gasteiger charge is 2.32. The van der Waals surface area contributed by atoms with Crippen LogP contribution in [0.15, 0.2) is 90.4 Å². The van der Waals surface area contributed by atoms with E-state index in [0.29, 0.717) is 57.6 Å². The van der Waals surface area contributed by atoms with Gasteiger partial charge in [-0.3, -0.25) is 14.6 Å². The molecule has 2 amide bonds. The maximum absolute atomic E-state index is 13.8. The van der Waals surface area contributed by atoms with Gasteiger partial charge in [-0.15, -0.1) is 6.58 Å². The molecule has 1 unspecified atom stereocenters. The number of amides is 2. The molecule has 1 aliphatic heterocycles. The van der Waals surface area contributed by atoms with Crippen LogP contribution in [0, 0.1) is 0 Å². The largest absolute Gasteiger partial charge is 0.370 e. The number of guanidine groups is 1. The number of ether oxygens (including phenoxy) is 1. The zero-order valence-corrected chi connectivity index (χ0v) is 23.4. The molecule has 1 fully saturated rings. The van der Waals surface area contributed by atoms with Gasteiger partial charge < -0.3 is 31.7 Å². The van der Waals surface area contributed by atoms with E-state index in [4.69, 9.17) is 16.2 Å². The van der Waals surface area contributed by atoms with Crippen molar-refractivity contribution < 1.29 is 14.3 Å². The van der Waals surface area contributed by atoms with Crippen LogP contribution in [-0.2, 0) is 9.53 Å².